The number of ketones is 1. The molecule has 1 amide bonds. The van der Waals surface area contributed by atoms with Crippen LogP contribution in [0.15, 0.2) is 48.3 Å². The number of halogens is 1. The number of nitrogens with zero attached hydrogens (tertiary/aromatic N) is 3. The number of carbonyl (C=O) groups is 2. The first kappa shape index (κ1) is 21.8. The number of Topliss-reactive ketones (excluding diaryl/α,β-unsaturated/α-hetero) is 1. The molecule has 1 aromatic carbocycles. The molecule has 1 aromatic heterocycles. The lowest BCUT2D eigenvalue weighted by molar-refractivity contribution is -0.139. The minimum atomic E-state index is -0.746. The summed E-state index contributed by atoms with van der Waals surface area (Å²) >= 11 is 6.10. The third-order valence-corrected chi connectivity index (χ3v) is 5.20. The molecule has 2 heterocycles. The van der Waals surface area contributed by atoms with Crippen molar-refractivity contribution in [1.29, 1.82) is 0 Å². The van der Waals surface area contributed by atoms with Gasteiger partial charge in [0.05, 0.1) is 24.3 Å². The normalized spacial score (nSPS) is 18.3. The second-order valence-corrected chi connectivity index (χ2v) is 7.72. The average Bonchev–Trinajstić information content (AvgIpc) is 2.98. The Morgan fingerprint density at radius 2 is 2.07 bits per heavy atom. The number of carbonyl (C=O) groups excluding carboxylic acids is 2. The van der Waals surface area contributed by atoms with Crippen LogP contribution in [-0.2, 0) is 9.59 Å². The second kappa shape index (κ2) is 9.28. The molecule has 1 unspecified atom stereocenters. The Kier molecular flexibility index (Phi) is 6.74. The number of pyridine rings is 1. The van der Waals surface area contributed by atoms with Crippen molar-refractivity contribution in [3.63, 3.8) is 0 Å². The van der Waals surface area contributed by atoms with E-state index in [9.17, 15) is 14.7 Å². The van der Waals surface area contributed by atoms with E-state index in [1.54, 1.807) is 36.7 Å². The number of ether oxygens (including phenoxy) is 1. The van der Waals surface area contributed by atoms with Crippen molar-refractivity contribution < 1.29 is 19.4 Å². The van der Waals surface area contributed by atoms with Gasteiger partial charge in [-0.15, -0.1) is 0 Å². The van der Waals surface area contributed by atoms with E-state index in [0.717, 1.165) is 6.54 Å². The predicted molar refractivity (Wildman–Crippen MR) is 114 cm³/mol. The molecule has 0 radical (unpaired) electrons. The largest absolute Gasteiger partial charge is 0.507 e. The van der Waals surface area contributed by atoms with Gasteiger partial charge in [0.15, 0.2) is 0 Å². The second-order valence-electron chi connectivity index (χ2n) is 7.28. The van der Waals surface area contributed by atoms with Crippen molar-refractivity contribution in [1.82, 2.24) is 14.8 Å². The van der Waals surface area contributed by atoms with Crippen molar-refractivity contribution in [2.24, 2.45) is 0 Å². The Labute approximate surface area is 180 Å². The van der Waals surface area contributed by atoms with Gasteiger partial charge in [-0.05, 0) is 56.9 Å². The minimum Gasteiger partial charge on any atom is -0.507 e. The molecule has 1 aliphatic heterocycles. The highest BCUT2D eigenvalue weighted by molar-refractivity contribution is 6.46. The summed E-state index contributed by atoms with van der Waals surface area (Å²) in [7, 11) is 5.34. The Bertz CT molecular complexity index is 976. The molecule has 1 saturated heterocycles. The third kappa shape index (κ3) is 4.32. The Balaban J connectivity index is 2.13. The quantitative estimate of drug-likeness (QED) is 0.413. The van der Waals surface area contributed by atoms with E-state index < -0.39 is 17.7 Å². The van der Waals surface area contributed by atoms with E-state index in [2.05, 4.69) is 4.98 Å². The van der Waals surface area contributed by atoms with E-state index in [1.807, 2.05) is 19.0 Å². The number of hydrogen-bond donors (Lipinski definition) is 1. The summed E-state index contributed by atoms with van der Waals surface area (Å²) in [5.41, 5.74) is 0.896. The zero-order valence-corrected chi connectivity index (χ0v) is 17.9. The molecular formula is C22H24ClN3O4. The van der Waals surface area contributed by atoms with Gasteiger partial charge in [0, 0.05) is 24.0 Å². The van der Waals surface area contributed by atoms with Crippen LogP contribution >= 0.6 is 11.6 Å². The van der Waals surface area contributed by atoms with Gasteiger partial charge in [0.2, 0.25) is 0 Å². The molecule has 1 N–H and O–H groups in total. The average molecular weight is 430 g/mol. The summed E-state index contributed by atoms with van der Waals surface area (Å²) in [6.07, 6.45) is 3.89. The van der Waals surface area contributed by atoms with Gasteiger partial charge in [-0.25, -0.2) is 0 Å². The van der Waals surface area contributed by atoms with Crippen LogP contribution in [0.25, 0.3) is 5.76 Å². The topological polar surface area (TPSA) is 83.0 Å². The maximum Gasteiger partial charge on any atom is 0.295 e. The van der Waals surface area contributed by atoms with Crippen LogP contribution in [0.2, 0.25) is 5.02 Å². The van der Waals surface area contributed by atoms with Gasteiger partial charge < -0.3 is 19.6 Å². The monoisotopic (exact) mass is 429 g/mol. The van der Waals surface area contributed by atoms with Crippen LogP contribution in [0.1, 0.15) is 23.6 Å². The summed E-state index contributed by atoms with van der Waals surface area (Å²) in [5, 5.41) is 11.5. The number of methoxy groups -OCH3 is 1. The van der Waals surface area contributed by atoms with Gasteiger partial charge in [0.1, 0.15) is 11.5 Å². The summed E-state index contributed by atoms with van der Waals surface area (Å²) < 4.78 is 5.32. The van der Waals surface area contributed by atoms with Gasteiger partial charge in [-0.3, -0.25) is 14.6 Å². The molecule has 0 saturated carbocycles. The number of benzene rings is 1. The smallest absolute Gasteiger partial charge is 0.295 e. The van der Waals surface area contributed by atoms with Crippen LogP contribution < -0.4 is 4.74 Å². The van der Waals surface area contributed by atoms with Crippen molar-refractivity contribution in [2.75, 3.05) is 34.3 Å². The molecule has 7 nitrogen and oxygen atoms in total. The summed E-state index contributed by atoms with van der Waals surface area (Å²) in [4.78, 5) is 33.5. The molecule has 158 valence electrons. The standard InChI is InChI=1S/C22H24ClN3O4/c1-25(2)10-5-11-26-19(14-6-4-9-24-13-14)18(21(28)22(26)29)20(27)16-12-15(23)7-8-17(16)30-3/h4,6-9,12-13,19,27H,5,10-11H2,1-3H3/b20-18+. The summed E-state index contributed by atoms with van der Waals surface area (Å²) in [6, 6.07) is 7.50. The number of rotatable bonds is 7. The number of aromatic nitrogens is 1. The molecule has 3 rings (SSSR count). The summed E-state index contributed by atoms with van der Waals surface area (Å²) in [5.74, 6) is -1.37. The molecule has 0 bridgehead atoms. The number of likely N-dealkylation sites (tertiary alicyclic amines) is 1. The number of hydrogen-bond acceptors (Lipinski definition) is 6. The lowest BCUT2D eigenvalue weighted by Crippen LogP contribution is -2.32. The van der Waals surface area contributed by atoms with Crippen LogP contribution in [0.4, 0.5) is 0 Å². The molecule has 1 fully saturated rings. The number of aliphatic hydroxyl groups excluding tert-OH is 1. The Morgan fingerprint density at radius 1 is 1.30 bits per heavy atom. The highest BCUT2D eigenvalue weighted by Crippen LogP contribution is 2.41. The molecule has 1 aliphatic rings. The molecule has 30 heavy (non-hydrogen) atoms. The van der Waals surface area contributed by atoms with E-state index in [4.69, 9.17) is 16.3 Å². The van der Waals surface area contributed by atoms with Gasteiger partial charge in [-0.1, -0.05) is 17.7 Å². The van der Waals surface area contributed by atoms with Crippen molar-refractivity contribution in [3.8, 4) is 5.75 Å². The number of aliphatic hydroxyl groups is 1. The lowest BCUT2D eigenvalue weighted by Gasteiger charge is -2.25. The van der Waals surface area contributed by atoms with E-state index in [1.165, 1.54) is 18.1 Å². The minimum absolute atomic E-state index is 0.00146. The fourth-order valence-electron chi connectivity index (χ4n) is 3.56. The SMILES string of the molecule is COc1ccc(Cl)cc1/C(O)=C1\C(=O)C(=O)N(CCCN(C)C)C1c1cccnc1. The molecule has 0 aliphatic carbocycles. The molecule has 8 heteroatoms. The Hall–Kier alpha value is -2.90. The molecule has 2 aromatic rings. The zero-order valence-electron chi connectivity index (χ0n) is 17.1. The van der Waals surface area contributed by atoms with Gasteiger partial charge in [0.25, 0.3) is 11.7 Å². The molecule has 0 spiro atoms. The van der Waals surface area contributed by atoms with Crippen molar-refractivity contribution in [2.45, 2.75) is 12.5 Å². The fraction of sp³-hybridized carbons (Fsp3) is 0.318. The fourth-order valence-corrected chi connectivity index (χ4v) is 3.73. The van der Waals surface area contributed by atoms with Crippen molar-refractivity contribution in [3.05, 3.63) is 64.4 Å². The highest BCUT2D eigenvalue weighted by Gasteiger charge is 2.46. The zero-order chi connectivity index (χ0) is 21.8. The maximum absolute atomic E-state index is 13.0. The number of amides is 1. The molecular weight excluding hydrogens is 406 g/mol. The third-order valence-electron chi connectivity index (χ3n) is 4.96. The first-order valence-electron chi connectivity index (χ1n) is 9.52. The predicted octanol–water partition coefficient (Wildman–Crippen LogP) is 3.12. The van der Waals surface area contributed by atoms with Gasteiger partial charge >= 0.3 is 0 Å². The van der Waals surface area contributed by atoms with E-state index in [0.29, 0.717) is 29.3 Å². The first-order valence-corrected chi connectivity index (χ1v) is 9.90. The van der Waals surface area contributed by atoms with E-state index >= 15 is 0 Å². The summed E-state index contributed by atoms with van der Waals surface area (Å²) in [6.45, 7) is 1.12. The van der Waals surface area contributed by atoms with Gasteiger partial charge in [-0.2, -0.15) is 0 Å². The van der Waals surface area contributed by atoms with Crippen LogP contribution in [0.5, 0.6) is 5.75 Å². The highest BCUT2D eigenvalue weighted by atomic mass is 35.5. The van der Waals surface area contributed by atoms with Crippen molar-refractivity contribution >= 4 is 29.1 Å². The van der Waals surface area contributed by atoms with Crippen LogP contribution in [-0.4, -0.2) is 65.9 Å². The van der Waals surface area contributed by atoms with Crippen LogP contribution in [0, 0.1) is 0 Å². The van der Waals surface area contributed by atoms with Crippen LogP contribution in [0.3, 0.4) is 0 Å². The lowest BCUT2D eigenvalue weighted by atomic mass is 9.96. The Morgan fingerprint density at radius 3 is 2.70 bits per heavy atom. The molecule has 1 atom stereocenters. The maximum atomic E-state index is 13.0. The van der Waals surface area contributed by atoms with E-state index in [-0.39, 0.29) is 16.9 Å². The first-order chi connectivity index (χ1) is 14.3.